The van der Waals surface area contributed by atoms with Gasteiger partial charge >= 0.3 is 6.09 Å². The lowest BCUT2D eigenvalue weighted by atomic mass is 9.82. The van der Waals surface area contributed by atoms with Crippen molar-refractivity contribution in [3.8, 4) is 0 Å². The number of nitrogens with two attached hydrogens (primary N) is 1. The van der Waals surface area contributed by atoms with Crippen molar-refractivity contribution >= 4 is 17.7 Å². The normalized spacial score (nSPS) is 29.4. The second-order valence-corrected chi connectivity index (χ2v) is 7.77. The molecule has 26 heavy (non-hydrogen) atoms. The molecule has 1 aromatic carbocycles. The number of rotatable bonds is 4. The Bertz CT molecular complexity index is 604. The summed E-state index contributed by atoms with van der Waals surface area (Å²) in [5.41, 5.74) is 7.50. The SMILES string of the molecule is COC(=O)N1CCC[C@H](N)[C@@H]1COC1CCC(c2ccccc2Cl)CC1. The maximum Gasteiger partial charge on any atom is 0.409 e. The number of carbonyl (C=O) groups excluding carboxylic acids is 1. The average Bonchev–Trinajstić information content (AvgIpc) is 2.67. The summed E-state index contributed by atoms with van der Waals surface area (Å²) in [6.07, 6.45) is 5.92. The molecule has 0 aromatic heterocycles. The molecule has 6 heteroatoms. The van der Waals surface area contributed by atoms with Gasteiger partial charge in [0.1, 0.15) is 0 Å². The Hall–Kier alpha value is -1.30. The largest absolute Gasteiger partial charge is 0.453 e. The average molecular weight is 381 g/mol. The van der Waals surface area contributed by atoms with Crippen LogP contribution in [0.4, 0.5) is 4.79 Å². The van der Waals surface area contributed by atoms with Gasteiger partial charge in [-0.05, 0) is 56.1 Å². The summed E-state index contributed by atoms with van der Waals surface area (Å²) in [6.45, 7) is 1.17. The van der Waals surface area contributed by atoms with Gasteiger partial charge in [0.2, 0.25) is 0 Å². The van der Waals surface area contributed by atoms with Gasteiger partial charge in [0.15, 0.2) is 0 Å². The van der Waals surface area contributed by atoms with Gasteiger partial charge in [0.05, 0.1) is 25.9 Å². The first-order valence-corrected chi connectivity index (χ1v) is 9.94. The highest BCUT2D eigenvalue weighted by Crippen LogP contribution is 2.37. The molecule has 1 saturated carbocycles. The number of hydrogen-bond acceptors (Lipinski definition) is 4. The van der Waals surface area contributed by atoms with E-state index in [0.29, 0.717) is 19.1 Å². The molecule has 1 aromatic rings. The number of nitrogens with zero attached hydrogens (tertiary/aromatic N) is 1. The fourth-order valence-corrected chi connectivity index (χ4v) is 4.52. The Labute approximate surface area is 160 Å². The number of hydrogen-bond donors (Lipinski definition) is 1. The number of carbonyl (C=O) groups is 1. The molecule has 0 radical (unpaired) electrons. The fourth-order valence-electron chi connectivity index (χ4n) is 4.23. The van der Waals surface area contributed by atoms with Gasteiger partial charge < -0.3 is 20.1 Å². The molecule has 1 amide bonds. The first-order chi connectivity index (χ1) is 12.6. The Morgan fingerprint density at radius 3 is 2.65 bits per heavy atom. The molecule has 2 fully saturated rings. The first kappa shape index (κ1) is 19.5. The summed E-state index contributed by atoms with van der Waals surface area (Å²) in [5.74, 6) is 0.507. The molecule has 0 bridgehead atoms. The van der Waals surface area contributed by atoms with Crippen LogP contribution in [0.5, 0.6) is 0 Å². The summed E-state index contributed by atoms with van der Waals surface area (Å²) >= 11 is 6.34. The molecule has 2 N–H and O–H groups in total. The van der Waals surface area contributed by atoms with E-state index in [1.165, 1.54) is 12.7 Å². The summed E-state index contributed by atoms with van der Waals surface area (Å²) in [7, 11) is 1.41. The van der Waals surface area contributed by atoms with Gasteiger partial charge in [-0.3, -0.25) is 0 Å². The number of benzene rings is 1. The van der Waals surface area contributed by atoms with Crippen LogP contribution in [-0.4, -0.2) is 49.4 Å². The summed E-state index contributed by atoms with van der Waals surface area (Å²) < 4.78 is 11.1. The van der Waals surface area contributed by atoms with Gasteiger partial charge in [-0.2, -0.15) is 0 Å². The van der Waals surface area contributed by atoms with Crippen molar-refractivity contribution in [2.24, 2.45) is 5.73 Å². The monoisotopic (exact) mass is 380 g/mol. The van der Waals surface area contributed by atoms with E-state index in [-0.39, 0.29) is 24.3 Å². The van der Waals surface area contributed by atoms with Gasteiger partial charge in [-0.25, -0.2) is 4.79 Å². The third-order valence-electron chi connectivity index (χ3n) is 5.76. The molecule has 2 atom stereocenters. The molecule has 144 valence electrons. The molecule has 1 heterocycles. The summed E-state index contributed by atoms with van der Waals surface area (Å²) in [6, 6.07) is 7.96. The van der Waals surface area contributed by atoms with Crippen LogP contribution >= 0.6 is 11.6 Å². The number of ether oxygens (including phenoxy) is 2. The van der Waals surface area contributed by atoms with Crippen LogP contribution in [0, 0.1) is 0 Å². The number of methoxy groups -OCH3 is 1. The minimum absolute atomic E-state index is 0.0534. The highest BCUT2D eigenvalue weighted by atomic mass is 35.5. The van der Waals surface area contributed by atoms with Crippen LogP contribution in [0.1, 0.15) is 50.0 Å². The zero-order valence-corrected chi connectivity index (χ0v) is 16.2. The zero-order chi connectivity index (χ0) is 18.5. The Morgan fingerprint density at radius 1 is 1.23 bits per heavy atom. The predicted molar refractivity (Wildman–Crippen MR) is 103 cm³/mol. The van der Waals surface area contributed by atoms with E-state index in [4.69, 9.17) is 26.8 Å². The Morgan fingerprint density at radius 2 is 1.96 bits per heavy atom. The van der Waals surface area contributed by atoms with Crippen LogP contribution in [-0.2, 0) is 9.47 Å². The van der Waals surface area contributed by atoms with Crippen molar-refractivity contribution in [2.75, 3.05) is 20.3 Å². The van der Waals surface area contributed by atoms with Crippen molar-refractivity contribution in [1.29, 1.82) is 0 Å². The molecule has 1 saturated heterocycles. The van der Waals surface area contributed by atoms with E-state index in [1.54, 1.807) is 4.90 Å². The lowest BCUT2D eigenvalue weighted by Gasteiger charge is -2.39. The topological polar surface area (TPSA) is 64.8 Å². The van der Waals surface area contributed by atoms with E-state index in [1.807, 2.05) is 12.1 Å². The number of piperidine rings is 1. The molecule has 2 aliphatic rings. The predicted octanol–water partition coefficient (Wildman–Crippen LogP) is 3.94. The third kappa shape index (κ3) is 4.51. The maximum atomic E-state index is 12.0. The second-order valence-electron chi connectivity index (χ2n) is 7.37. The van der Waals surface area contributed by atoms with E-state index in [0.717, 1.165) is 43.5 Å². The summed E-state index contributed by atoms with van der Waals surface area (Å²) in [5, 5.41) is 0.860. The van der Waals surface area contributed by atoms with E-state index in [2.05, 4.69) is 12.1 Å². The standard InChI is InChI=1S/C20H29ClN2O3/c1-25-20(24)23-12-4-7-18(22)19(23)13-26-15-10-8-14(9-11-15)16-5-2-3-6-17(16)21/h2-3,5-6,14-15,18-19H,4,7-13,22H2,1H3/t14?,15?,18-,19-/m0/s1. The molecule has 3 rings (SSSR count). The van der Waals surface area contributed by atoms with Crippen molar-refractivity contribution in [2.45, 2.75) is 62.6 Å². The molecular weight excluding hydrogens is 352 g/mol. The highest BCUT2D eigenvalue weighted by molar-refractivity contribution is 6.31. The van der Waals surface area contributed by atoms with Crippen LogP contribution in [0.2, 0.25) is 5.02 Å². The molecule has 5 nitrogen and oxygen atoms in total. The number of halogens is 1. The van der Waals surface area contributed by atoms with E-state index in [9.17, 15) is 4.79 Å². The first-order valence-electron chi connectivity index (χ1n) is 9.56. The van der Waals surface area contributed by atoms with Crippen LogP contribution < -0.4 is 5.73 Å². The van der Waals surface area contributed by atoms with Crippen LogP contribution in [0.25, 0.3) is 0 Å². The second kappa shape index (κ2) is 9.07. The number of amides is 1. The molecule has 0 spiro atoms. The third-order valence-corrected chi connectivity index (χ3v) is 6.11. The van der Waals surface area contributed by atoms with Crippen LogP contribution in [0.3, 0.4) is 0 Å². The van der Waals surface area contributed by atoms with E-state index >= 15 is 0 Å². The van der Waals surface area contributed by atoms with E-state index < -0.39 is 0 Å². The van der Waals surface area contributed by atoms with Gasteiger partial charge in [-0.15, -0.1) is 0 Å². The molecule has 0 unspecified atom stereocenters. The Kier molecular flexibility index (Phi) is 6.79. The van der Waals surface area contributed by atoms with Crippen LogP contribution in [0.15, 0.2) is 24.3 Å². The molecular formula is C20H29ClN2O3. The van der Waals surface area contributed by atoms with Crippen molar-refractivity contribution in [1.82, 2.24) is 4.90 Å². The fraction of sp³-hybridized carbons (Fsp3) is 0.650. The lowest BCUT2D eigenvalue weighted by Crippen LogP contribution is -2.56. The minimum Gasteiger partial charge on any atom is -0.453 e. The molecule has 1 aliphatic carbocycles. The minimum atomic E-state index is -0.309. The number of likely N-dealkylation sites (tertiary alicyclic amines) is 1. The van der Waals surface area contributed by atoms with Gasteiger partial charge in [0.25, 0.3) is 0 Å². The molecule has 1 aliphatic heterocycles. The highest BCUT2D eigenvalue weighted by Gasteiger charge is 2.34. The van der Waals surface area contributed by atoms with Gasteiger partial charge in [0, 0.05) is 17.6 Å². The van der Waals surface area contributed by atoms with Crippen molar-refractivity contribution in [3.63, 3.8) is 0 Å². The smallest absolute Gasteiger partial charge is 0.409 e. The quantitative estimate of drug-likeness (QED) is 0.859. The lowest BCUT2D eigenvalue weighted by molar-refractivity contribution is -0.0229. The Balaban J connectivity index is 1.51. The maximum absolute atomic E-state index is 12.0. The van der Waals surface area contributed by atoms with Crippen molar-refractivity contribution in [3.05, 3.63) is 34.9 Å². The van der Waals surface area contributed by atoms with Gasteiger partial charge in [-0.1, -0.05) is 29.8 Å². The van der Waals surface area contributed by atoms with Crippen molar-refractivity contribution < 1.29 is 14.3 Å². The zero-order valence-electron chi connectivity index (χ0n) is 15.4. The summed E-state index contributed by atoms with van der Waals surface area (Å²) in [4.78, 5) is 13.7.